The van der Waals surface area contributed by atoms with Crippen LogP contribution < -0.4 is 10.4 Å². The molecule has 0 unspecified atom stereocenters. The minimum atomic E-state index is -0.419. The van der Waals surface area contributed by atoms with Crippen molar-refractivity contribution in [2.75, 3.05) is 7.11 Å². The fourth-order valence-corrected chi connectivity index (χ4v) is 2.01. The summed E-state index contributed by atoms with van der Waals surface area (Å²) in [4.78, 5) is 15.7. The van der Waals surface area contributed by atoms with E-state index in [4.69, 9.17) is 9.15 Å². The average molecular weight is 268 g/mol. The first-order valence-corrected chi connectivity index (χ1v) is 6.05. The minimum absolute atomic E-state index is 0.419. The van der Waals surface area contributed by atoms with E-state index in [1.807, 2.05) is 24.3 Å². The molecule has 0 amide bonds. The highest BCUT2D eigenvalue weighted by molar-refractivity contribution is 5.67. The van der Waals surface area contributed by atoms with Crippen molar-refractivity contribution in [3.8, 4) is 22.8 Å². The predicted molar refractivity (Wildman–Crippen MR) is 74.1 cm³/mol. The Kier molecular flexibility index (Phi) is 3.09. The molecule has 0 aliphatic carbocycles. The molecule has 0 bridgehead atoms. The minimum Gasteiger partial charge on any atom is -0.496 e. The van der Waals surface area contributed by atoms with Crippen molar-refractivity contribution < 1.29 is 9.15 Å². The Labute approximate surface area is 115 Å². The lowest BCUT2D eigenvalue weighted by molar-refractivity contribution is 0.413. The molecule has 0 saturated carbocycles. The lowest BCUT2D eigenvalue weighted by atomic mass is 10.1. The lowest BCUT2D eigenvalue weighted by Crippen LogP contribution is -2.02. The zero-order valence-electron chi connectivity index (χ0n) is 10.8. The van der Waals surface area contributed by atoms with Crippen LogP contribution in [0.15, 0.2) is 64.3 Å². The number of hydrogen-bond donors (Lipinski definition) is 0. The number of imidazole rings is 1. The standard InChI is InChI=1S/C15H12N2O3/c1-19-13-5-3-2-4-12(13)14-8-11(9-15(18)20-14)17-7-6-16-10-17/h2-10H,1H3. The number of aromatic nitrogens is 2. The Morgan fingerprint density at radius 2 is 2.10 bits per heavy atom. The molecule has 0 fully saturated rings. The van der Waals surface area contributed by atoms with Gasteiger partial charge in [-0.25, -0.2) is 9.78 Å². The van der Waals surface area contributed by atoms with Gasteiger partial charge in [-0.15, -0.1) is 0 Å². The van der Waals surface area contributed by atoms with Crippen molar-refractivity contribution in [1.29, 1.82) is 0 Å². The number of benzene rings is 1. The molecule has 3 rings (SSSR count). The van der Waals surface area contributed by atoms with Crippen LogP contribution in [0.2, 0.25) is 0 Å². The van der Waals surface area contributed by atoms with Crippen LogP contribution in [0.1, 0.15) is 0 Å². The third-order valence-electron chi connectivity index (χ3n) is 2.93. The summed E-state index contributed by atoms with van der Waals surface area (Å²) in [6.07, 6.45) is 5.04. The summed E-state index contributed by atoms with van der Waals surface area (Å²) in [6, 6.07) is 10.6. The van der Waals surface area contributed by atoms with Gasteiger partial charge < -0.3 is 13.7 Å². The first kappa shape index (κ1) is 12.2. The van der Waals surface area contributed by atoms with E-state index in [0.717, 1.165) is 5.56 Å². The number of nitrogens with zero attached hydrogens (tertiary/aromatic N) is 2. The van der Waals surface area contributed by atoms with Crippen LogP contribution in [0.4, 0.5) is 0 Å². The SMILES string of the molecule is COc1ccccc1-c1cc(-n2ccnc2)cc(=O)o1. The molecule has 0 aliphatic heterocycles. The maximum Gasteiger partial charge on any atom is 0.338 e. The Balaban J connectivity index is 2.17. The molecule has 20 heavy (non-hydrogen) atoms. The van der Waals surface area contributed by atoms with Gasteiger partial charge in [-0.05, 0) is 12.1 Å². The van der Waals surface area contributed by atoms with Gasteiger partial charge in [0.05, 0.1) is 24.7 Å². The topological polar surface area (TPSA) is 57.3 Å². The normalized spacial score (nSPS) is 10.4. The molecule has 3 aromatic rings. The fourth-order valence-electron chi connectivity index (χ4n) is 2.01. The Morgan fingerprint density at radius 1 is 1.25 bits per heavy atom. The zero-order chi connectivity index (χ0) is 13.9. The second-order valence-corrected chi connectivity index (χ2v) is 4.17. The summed E-state index contributed by atoms with van der Waals surface area (Å²) in [5.74, 6) is 1.11. The second kappa shape index (κ2) is 5.05. The van der Waals surface area contributed by atoms with E-state index in [2.05, 4.69) is 4.98 Å². The maximum absolute atomic E-state index is 11.7. The summed E-state index contributed by atoms with van der Waals surface area (Å²) in [6.45, 7) is 0. The van der Waals surface area contributed by atoms with Gasteiger partial charge in [0, 0.05) is 24.5 Å². The van der Waals surface area contributed by atoms with Gasteiger partial charge in [0.2, 0.25) is 0 Å². The predicted octanol–water partition coefficient (Wildman–Crippen LogP) is 2.50. The van der Waals surface area contributed by atoms with Gasteiger partial charge in [0.15, 0.2) is 0 Å². The van der Waals surface area contributed by atoms with Crippen LogP contribution in [0.5, 0.6) is 5.75 Å². The van der Waals surface area contributed by atoms with E-state index in [1.165, 1.54) is 6.07 Å². The third kappa shape index (κ3) is 2.21. The van der Waals surface area contributed by atoms with Crippen molar-refractivity contribution in [2.45, 2.75) is 0 Å². The number of methoxy groups -OCH3 is 1. The van der Waals surface area contributed by atoms with E-state index in [1.54, 1.807) is 36.5 Å². The van der Waals surface area contributed by atoms with Crippen LogP contribution >= 0.6 is 0 Å². The number of ether oxygens (including phenoxy) is 1. The molecular weight excluding hydrogens is 256 g/mol. The van der Waals surface area contributed by atoms with Gasteiger partial charge in [-0.1, -0.05) is 12.1 Å². The largest absolute Gasteiger partial charge is 0.496 e. The molecule has 0 saturated heterocycles. The van der Waals surface area contributed by atoms with Gasteiger partial charge in [0.25, 0.3) is 0 Å². The number of hydrogen-bond acceptors (Lipinski definition) is 4. The average Bonchev–Trinajstić information content (AvgIpc) is 3.01. The van der Waals surface area contributed by atoms with Crippen LogP contribution in [-0.4, -0.2) is 16.7 Å². The van der Waals surface area contributed by atoms with Crippen molar-refractivity contribution in [2.24, 2.45) is 0 Å². The first-order chi connectivity index (χ1) is 9.78. The van der Waals surface area contributed by atoms with E-state index in [-0.39, 0.29) is 0 Å². The molecular formula is C15H12N2O3. The molecule has 2 heterocycles. The van der Waals surface area contributed by atoms with Crippen molar-refractivity contribution >= 4 is 0 Å². The Hall–Kier alpha value is -2.82. The zero-order valence-corrected chi connectivity index (χ0v) is 10.8. The van der Waals surface area contributed by atoms with E-state index < -0.39 is 5.63 Å². The molecule has 0 N–H and O–H groups in total. The first-order valence-electron chi connectivity index (χ1n) is 6.05. The molecule has 100 valence electrons. The molecule has 5 heteroatoms. The van der Waals surface area contributed by atoms with Gasteiger partial charge in [0.1, 0.15) is 11.5 Å². The summed E-state index contributed by atoms with van der Waals surface area (Å²) in [5, 5.41) is 0. The van der Waals surface area contributed by atoms with Crippen LogP contribution in [0.3, 0.4) is 0 Å². The van der Waals surface area contributed by atoms with Crippen molar-refractivity contribution in [3.63, 3.8) is 0 Å². The fraction of sp³-hybridized carbons (Fsp3) is 0.0667. The van der Waals surface area contributed by atoms with Gasteiger partial charge in [-0.3, -0.25) is 0 Å². The molecule has 0 aliphatic rings. The van der Waals surface area contributed by atoms with Gasteiger partial charge >= 0.3 is 5.63 Å². The smallest absolute Gasteiger partial charge is 0.338 e. The number of para-hydroxylation sites is 1. The van der Waals surface area contributed by atoms with Crippen molar-refractivity contribution in [3.05, 3.63) is 65.5 Å². The second-order valence-electron chi connectivity index (χ2n) is 4.17. The summed E-state index contributed by atoms with van der Waals surface area (Å²) >= 11 is 0. The summed E-state index contributed by atoms with van der Waals surface area (Å²) in [7, 11) is 1.58. The summed E-state index contributed by atoms with van der Waals surface area (Å²) in [5.41, 5.74) is 1.01. The van der Waals surface area contributed by atoms with Crippen LogP contribution in [-0.2, 0) is 0 Å². The van der Waals surface area contributed by atoms with E-state index in [9.17, 15) is 4.79 Å². The van der Waals surface area contributed by atoms with Crippen LogP contribution in [0, 0.1) is 0 Å². The highest BCUT2D eigenvalue weighted by Crippen LogP contribution is 2.29. The Morgan fingerprint density at radius 3 is 2.85 bits per heavy atom. The quantitative estimate of drug-likeness (QED) is 0.732. The molecule has 0 spiro atoms. The van der Waals surface area contributed by atoms with Gasteiger partial charge in [-0.2, -0.15) is 0 Å². The molecule has 5 nitrogen and oxygen atoms in total. The molecule has 0 radical (unpaired) electrons. The highest BCUT2D eigenvalue weighted by atomic mass is 16.5. The highest BCUT2D eigenvalue weighted by Gasteiger charge is 2.10. The molecule has 2 aromatic heterocycles. The maximum atomic E-state index is 11.7. The monoisotopic (exact) mass is 268 g/mol. The third-order valence-corrected chi connectivity index (χ3v) is 2.93. The molecule has 1 aromatic carbocycles. The summed E-state index contributed by atoms with van der Waals surface area (Å²) < 4.78 is 12.3. The van der Waals surface area contributed by atoms with E-state index in [0.29, 0.717) is 17.2 Å². The molecule has 0 atom stereocenters. The number of rotatable bonds is 3. The van der Waals surface area contributed by atoms with Crippen LogP contribution in [0.25, 0.3) is 17.0 Å². The lowest BCUT2D eigenvalue weighted by Gasteiger charge is -2.08. The van der Waals surface area contributed by atoms with Crippen molar-refractivity contribution in [1.82, 2.24) is 9.55 Å². The van der Waals surface area contributed by atoms with E-state index >= 15 is 0 Å². The Bertz CT molecular complexity index is 776.